The maximum atomic E-state index is 13.4. The third-order valence-corrected chi connectivity index (χ3v) is 5.42. The Morgan fingerprint density at radius 1 is 1.17 bits per heavy atom. The van der Waals surface area contributed by atoms with Crippen molar-refractivity contribution in [2.45, 2.75) is 74.0 Å². The van der Waals surface area contributed by atoms with Crippen molar-refractivity contribution in [3.63, 3.8) is 0 Å². The summed E-state index contributed by atoms with van der Waals surface area (Å²) in [6.07, 6.45) is 2.35. The first-order valence-electron chi connectivity index (χ1n) is 10.3. The lowest BCUT2D eigenvalue weighted by molar-refractivity contribution is -0.190. The maximum absolute atomic E-state index is 13.4. The van der Waals surface area contributed by atoms with Gasteiger partial charge in [0, 0.05) is 10.8 Å². The molecule has 1 aromatic carbocycles. The fraction of sp³-hybridized carbons (Fsp3) is 0.583. The highest BCUT2D eigenvalue weighted by Crippen LogP contribution is 2.50. The number of nitrogens with zero attached hydrogens (tertiary/aromatic N) is 1. The van der Waals surface area contributed by atoms with E-state index in [1.807, 2.05) is 54.5 Å². The lowest BCUT2D eigenvalue weighted by atomic mass is 9.62. The van der Waals surface area contributed by atoms with Crippen LogP contribution in [0.4, 0.5) is 0 Å². The van der Waals surface area contributed by atoms with Gasteiger partial charge in [0.15, 0.2) is 0 Å². The number of aliphatic hydroxyl groups is 1. The van der Waals surface area contributed by atoms with Crippen LogP contribution in [0.3, 0.4) is 0 Å². The van der Waals surface area contributed by atoms with Crippen molar-refractivity contribution in [2.24, 2.45) is 10.8 Å². The largest absolute Gasteiger partial charge is 0.474 e. The van der Waals surface area contributed by atoms with Gasteiger partial charge in [0.2, 0.25) is 11.5 Å². The minimum absolute atomic E-state index is 0.246. The Morgan fingerprint density at radius 2 is 1.77 bits per heavy atom. The zero-order valence-electron chi connectivity index (χ0n) is 19.6. The smallest absolute Gasteiger partial charge is 0.351 e. The summed E-state index contributed by atoms with van der Waals surface area (Å²) in [5.74, 6) is 0.366. The quantitative estimate of drug-likeness (QED) is 0.627. The molecule has 1 aromatic heterocycles. The molecule has 1 unspecified atom stereocenters. The van der Waals surface area contributed by atoms with Crippen LogP contribution in [0, 0.1) is 17.8 Å². The Bertz CT molecular complexity index is 856. The number of benzene rings is 1. The van der Waals surface area contributed by atoms with Crippen LogP contribution in [0.25, 0.3) is 11.5 Å². The van der Waals surface area contributed by atoms with Crippen molar-refractivity contribution >= 4 is 5.97 Å². The van der Waals surface area contributed by atoms with Crippen molar-refractivity contribution in [3.8, 4) is 17.2 Å². The molecule has 0 amide bonds. The molecule has 2 rings (SSSR count). The lowest BCUT2D eigenvalue weighted by Crippen LogP contribution is -2.63. The highest BCUT2D eigenvalue weighted by molar-refractivity contribution is 5.83. The molecule has 30 heavy (non-hydrogen) atoms. The van der Waals surface area contributed by atoms with Crippen LogP contribution < -0.4 is 4.74 Å². The number of carbonyl (C=O) groups is 1. The summed E-state index contributed by atoms with van der Waals surface area (Å²) in [7, 11) is 0. The van der Waals surface area contributed by atoms with Gasteiger partial charge in [-0.2, -0.15) is 0 Å². The maximum Gasteiger partial charge on any atom is 0.351 e. The SMILES string of the molecule is CCOC(=O)C(Oc1cc(C(C)O)c(C)cc1-c1ncco1)(C(C)(C)C)C(C)(C)C. The molecule has 2 aromatic rings. The van der Waals surface area contributed by atoms with Gasteiger partial charge >= 0.3 is 5.97 Å². The van der Waals surface area contributed by atoms with Gasteiger partial charge in [0.05, 0.1) is 24.5 Å². The summed E-state index contributed by atoms with van der Waals surface area (Å²) in [4.78, 5) is 17.7. The van der Waals surface area contributed by atoms with E-state index in [1.165, 1.54) is 6.26 Å². The van der Waals surface area contributed by atoms with Crippen LogP contribution in [-0.2, 0) is 9.53 Å². The summed E-state index contributed by atoms with van der Waals surface area (Å²) in [5.41, 5.74) is -0.339. The molecule has 0 radical (unpaired) electrons. The Hall–Kier alpha value is -2.34. The topological polar surface area (TPSA) is 81.8 Å². The van der Waals surface area contributed by atoms with E-state index in [0.29, 0.717) is 22.8 Å². The highest BCUT2D eigenvalue weighted by Gasteiger charge is 2.60. The second kappa shape index (κ2) is 8.42. The molecule has 1 N–H and O–H groups in total. The summed E-state index contributed by atoms with van der Waals surface area (Å²) in [5, 5.41) is 10.3. The summed E-state index contributed by atoms with van der Waals surface area (Å²) >= 11 is 0. The number of hydrogen-bond acceptors (Lipinski definition) is 6. The average molecular weight is 418 g/mol. The third kappa shape index (κ3) is 4.24. The first kappa shape index (κ1) is 23.9. The highest BCUT2D eigenvalue weighted by atomic mass is 16.6. The van der Waals surface area contributed by atoms with Gasteiger partial charge in [0.1, 0.15) is 12.0 Å². The summed E-state index contributed by atoms with van der Waals surface area (Å²) < 4.78 is 17.7. The Labute approximate surface area is 179 Å². The van der Waals surface area contributed by atoms with Crippen LogP contribution in [0.15, 0.2) is 29.0 Å². The standard InChI is InChI=1S/C24H35NO5/c1-10-28-21(27)24(22(4,5)6,23(7,8)9)30-19-14-17(16(3)26)15(2)13-18(19)20-25-11-12-29-20/h11-14,16,26H,10H2,1-9H3. The van der Waals surface area contributed by atoms with E-state index >= 15 is 0 Å². The van der Waals surface area contributed by atoms with E-state index in [4.69, 9.17) is 13.9 Å². The zero-order valence-corrected chi connectivity index (χ0v) is 19.6. The van der Waals surface area contributed by atoms with Gasteiger partial charge in [-0.25, -0.2) is 9.78 Å². The molecule has 0 bridgehead atoms. The van der Waals surface area contributed by atoms with E-state index in [1.54, 1.807) is 26.1 Å². The number of aryl methyl sites for hydroxylation is 1. The van der Waals surface area contributed by atoms with Crippen molar-refractivity contribution in [1.82, 2.24) is 4.98 Å². The van der Waals surface area contributed by atoms with Gasteiger partial charge in [-0.05, 0) is 44.0 Å². The van der Waals surface area contributed by atoms with Gasteiger partial charge in [-0.15, -0.1) is 0 Å². The fourth-order valence-corrected chi connectivity index (χ4v) is 4.24. The molecule has 1 heterocycles. The first-order chi connectivity index (χ1) is 13.8. The van der Waals surface area contributed by atoms with E-state index < -0.39 is 28.5 Å². The molecule has 0 fully saturated rings. The molecular formula is C24H35NO5. The molecule has 0 aliphatic rings. The average Bonchev–Trinajstić information content (AvgIpc) is 3.12. The van der Waals surface area contributed by atoms with Gasteiger partial charge in [-0.1, -0.05) is 41.5 Å². The Balaban J connectivity index is 2.82. The second-order valence-electron chi connectivity index (χ2n) is 9.72. The predicted molar refractivity (Wildman–Crippen MR) is 116 cm³/mol. The fourth-order valence-electron chi connectivity index (χ4n) is 4.24. The zero-order chi connectivity index (χ0) is 22.9. The molecule has 6 heteroatoms. The Morgan fingerprint density at radius 3 is 2.20 bits per heavy atom. The molecule has 0 saturated heterocycles. The number of aliphatic hydroxyl groups excluding tert-OH is 1. The molecular weight excluding hydrogens is 382 g/mol. The number of esters is 1. The molecule has 0 aliphatic carbocycles. The van der Waals surface area contributed by atoms with Gasteiger partial charge in [-0.3, -0.25) is 0 Å². The van der Waals surface area contributed by atoms with E-state index in [2.05, 4.69) is 4.98 Å². The molecule has 6 nitrogen and oxygen atoms in total. The number of oxazole rings is 1. The number of ether oxygens (including phenoxy) is 2. The van der Waals surface area contributed by atoms with Crippen molar-refractivity contribution in [3.05, 3.63) is 35.7 Å². The van der Waals surface area contributed by atoms with E-state index in [9.17, 15) is 9.90 Å². The minimum atomic E-state index is -1.32. The Kier molecular flexibility index (Phi) is 6.72. The van der Waals surface area contributed by atoms with Crippen molar-refractivity contribution in [2.75, 3.05) is 6.61 Å². The monoisotopic (exact) mass is 417 g/mol. The molecule has 0 spiro atoms. The van der Waals surface area contributed by atoms with E-state index in [-0.39, 0.29) is 6.61 Å². The summed E-state index contributed by atoms with van der Waals surface area (Å²) in [6.45, 7) is 17.4. The van der Waals surface area contributed by atoms with Crippen LogP contribution in [0.1, 0.15) is 72.6 Å². The van der Waals surface area contributed by atoms with Crippen LogP contribution in [-0.4, -0.2) is 28.3 Å². The van der Waals surface area contributed by atoms with Crippen molar-refractivity contribution < 1.29 is 23.8 Å². The lowest BCUT2D eigenvalue weighted by Gasteiger charge is -2.50. The molecule has 1 atom stereocenters. The third-order valence-electron chi connectivity index (χ3n) is 5.42. The second-order valence-corrected chi connectivity index (χ2v) is 9.72. The van der Waals surface area contributed by atoms with Gasteiger partial charge < -0.3 is 19.0 Å². The minimum Gasteiger partial charge on any atom is -0.474 e. The van der Waals surface area contributed by atoms with Crippen LogP contribution in [0.5, 0.6) is 5.75 Å². The van der Waals surface area contributed by atoms with Gasteiger partial charge in [0.25, 0.3) is 0 Å². The molecule has 166 valence electrons. The number of hydrogen-bond donors (Lipinski definition) is 1. The first-order valence-corrected chi connectivity index (χ1v) is 10.3. The van der Waals surface area contributed by atoms with Crippen LogP contribution in [0.2, 0.25) is 0 Å². The van der Waals surface area contributed by atoms with Crippen molar-refractivity contribution in [1.29, 1.82) is 0 Å². The number of aromatic nitrogens is 1. The predicted octanol–water partition coefficient (Wildman–Crippen LogP) is 5.48. The van der Waals surface area contributed by atoms with Crippen LogP contribution >= 0.6 is 0 Å². The van der Waals surface area contributed by atoms with E-state index in [0.717, 1.165) is 5.56 Å². The molecule has 0 saturated carbocycles. The number of rotatable bonds is 6. The normalized spacial score (nSPS) is 13.8. The summed E-state index contributed by atoms with van der Waals surface area (Å²) in [6, 6.07) is 3.63. The number of carbonyl (C=O) groups excluding carboxylic acids is 1. The molecule has 0 aliphatic heterocycles.